The highest BCUT2D eigenvalue weighted by atomic mass is 16.3. The third kappa shape index (κ3) is 2.67. The number of aliphatic hydroxyl groups is 1. The summed E-state index contributed by atoms with van der Waals surface area (Å²) in [5, 5.41) is 9.56. The smallest absolute Gasteiger partial charge is 0.253 e. The number of imidazole rings is 1. The molecule has 0 aliphatic carbocycles. The highest BCUT2D eigenvalue weighted by Gasteiger charge is 2.22. The maximum absolute atomic E-state index is 12.5. The molecule has 0 bridgehead atoms. The van der Waals surface area contributed by atoms with E-state index in [-0.39, 0.29) is 12.0 Å². The molecular formula is C19H19N3O2. The van der Waals surface area contributed by atoms with Gasteiger partial charge in [0.1, 0.15) is 6.33 Å². The lowest BCUT2D eigenvalue weighted by Gasteiger charge is -2.29. The minimum atomic E-state index is -0.272. The standard InChI is InChI=1S/C19H19N3O2/c23-16-9-11-21(12-10-16)19(24)14-5-7-15(8-6-14)22-13-20-17-3-1-2-4-18(17)22/h1-8,13,16,23H,9-12H2. The third-order valence-electron chi connectivity index (χ3n) is 4.60. The molecule has 1 aliphatic heterocycles. The molecule has 1 aromatic heterocycles. The monoisotopic (exact) mass is 321 g/mol. The lowest BCUT2D eigenvalue weighted by atomic mass is 10.1. The highest BCUT2D eigenvalue weighted by molar-refractivity contribution is 5.94. The molecule has 5 heteroatoms. The van der Waals surface area contributed by atoms with Gasteiger partial charge in [0.25, 0.3) is 5.91 Å². The molecule has 2 aromatic carbocycles. The number of fused-ring (bicyclic) bond motifs is 1. The number of likely N-dealkylation sites (tertiary alicyclic amines) is 1. The van der Waals surface area contributed by atoms with Gasteiger partial charge in [-0.05, 0) is 49.2 Å². The average Bonchev–Trinajstić information content (AvgIpc) is 3.06. The molecule has 1 amide bonds. The summed E-state index contributed by atoms with van der Waals surface area (Å²) >= 11 is 0. The molecule has 1 N–H and O–H groups in total. The van der Waals surface area contributed by atoms with E-state index < -0.39 is 0 Å². The first kappa shape index (κ1) is 14.9. The Bertz CT molecular complexity index is 862. The number of piperidine rings is 1. The average molecular weight is 321 g/mol. The molecule has 5 nitrogen and oxygen atoms in total. The van der Waals surface area contributed by atoms with E-state index in [1.165, 1.54) is 0 Å². The van der Waals surface area contributed by atoms with E-state index in [0.29, 0.717) is 31.5 Å². The van der Waals surface area contributed by atoms with Gasteiger partial charge in [0.05, 0.1) is 17.1 Å². The van der Waals surface area contributed by atoms with Crippen LogP contribution in [0.1, 0.15) is 23.2 Å². The van der Waals surface area contributed by atoms with E-state index >= 15 is 0 Å². The molecule has 1 fully saturated rings. The Balaban J connectivity index is 1.57. The van der Waals surface area contributed by atoms with Crippen molar-refractivity contribution in [3.63, 3.8) is 0 Å². The molecule has 0 atom stereocenters. The van der Waals surface area contributed by atoms with Crippen molar-refractivity contribution in [3.8, 4) is 5.69 Å². The van der Waals surface area contributed by atoms with Crippen LogP contribution in [0.2, 0.25) is 0 Å². The summed E-state index contributed by atoms with van der Waals surface area (Å²) in [4.78, 5) is 18.8. The van der Waals surface area contributed by atoms with Gasteiger partial charge in [-0.25, -0.2) is 4.98 Å². The van der Waals surface area contributed by atoms with E-state index in [1.54, 1.807) is 6.33 Å². The van der Waals surface area contributed by atoms with E-state index in [9.17, 15) is 9.90 Å². The summed E-state index contributed by atoms with van der Waals surface area (Å²) in [5.74, 6) is 0.0314. The summed E-state index contributed by atoms with van der Waals surface area (Å²) in [5.41, 5.74) is 3.65. The highest BCUT2D eigenvalue weighted by Crippen LogP contribution is 2.19. The van der Waals surface area contributed by atoms with E-state index in [4.69, 9.17) is 0 Å². The zero-order valence-corrected chi connectivity index (χ0v) is 13.3. The second kappa shape index (κ2) is 6.09. The van der Waals surface area contributed by atoms with Crippen LogP contribution in [0, 0.1) is 0 Å². The van der Waals surface area contributed by atoms with Gasteiger partial charge in [-0.2, -0.15) is 0 Å². The molecule has 122 valence electrons. The molecule has 2 heterocycles. The van der Waals surface area contributed by atoms with Crippen molar-refractivity contribution in [2.75, 3.05) is 13.1 Å². The van der Waals surface area contributed by atoms with Gasteiger partial charge < -0.3 is 10.0 Å². The lowest BCUT2D eigenvalue weighted by Crippen LogP contribution is -2.40. The zero-order chi connectivity index (χ0) is 16.5. The summed E-state index contributed by atoms with van der Waals surface area (Å²) in [6, 6.07) is 15.6. The van der Waals surface area contributed by atoms with Gasteiger partial charge in [-0.15, -0.1) is 0 Å². The van der Waals surface area contributed by atoms with E-state index in [1.807, 2.05) is 58.0 Å². The first-order valence-corrected chi connectivity index (χ1v) is 8.22. The van der Waals surface area contributed by atoms with Crippen LogP contribution in [0.3, 0.4) is 0 Å². The third-order valence-corrected chi connectivity index (χ3v) is 4.60. The first-order valence-electron chi connectivity index (χ1n) is 8.22. The summed E-state index contributed by atoms with van der Waals surface area (Å²) < 4.78 is 2.01. The first-order chi connectivity index (χ1) is 11.7. The number of aromatic nitrogens is 2. The van der Waals surface area contributed by atoms with E-state index in [2.05, 4.69) is 4.98 Å². The van der Waals surface area contributed by atoms with Crippen LogP contribution in [0.15, 0.2) is 54.9 Å². The molecule has 1 saturated heterocycles. The molecule has 0 spiro atoms. The maximum Gasteiger partial charge on any atom is 0.253 e. The quantitative estimate of drug-likeness (QED) is 0.789. The molecule has 0 radical (unpaired) electrons. The fraction of sp³-hybridized carbons (Fsp3) is 0.263. The van der Waals surface area contributed by atoms with Crippen LogP contribution in [-0.2, 0) is 0 Å². The number of aliphatic hydroxyl groups excluding tert-OH is 1. The number of carbonyl (C=O) groups excluding carboxylic acids is 1. The van der Waals surface area contributed by atoms with Crippen molar-refractivity contribution in [1.82, 2.24) is 14.5 Å². The van der Waals surface area contributed by atoms with Crippen molar-refractivity contribution in [1.29, 1.82) is 0 Å². The Morgan fingerprint density at radius 1 is 1.04 bits per heavy atom. The number of nitrogens with zero attached hydrogens (tertiary/aromatic N) is 3. The molecule has 1 aliphatic rings. The largest absolute Gasteiger partial charge is 0.393 e. The van der Waals surface area contributed by atoms with Crippen molar-refractivity contribution in [3.05, 3.63) is 60.4 Å². The topological polar surface area (TPSA) is 58.4 Å². The second-order valence-electron chi connectivity index (χ2n) is 6.17. The predicted molar refractivity (Wildman–Crippen MR) is 92.2 cm³/mol. The molecule has 4 rings (SSSR count). The molecule has 0 unspecified atom stereocenters. The van der Waals surface area contributed by atoms with Crippen molar-refractivity contribution in [2.24, 2.45) is 0 Å². The van der Waals surface area contributed by atoms with Crippen LogP contribution in [0.5, 0.6) is 0 Å². The van der Waals surface area contributed by atoms with E-state index in [0.717, 1.165) is 16.7 Å². The number of carbonyl (C=O) groups is 1. The van der Waals surface area contributed by atoms with Gasteiger partial charge in [0, 0.05) is 24.3 Å². The summed E-state index contributed by atoms with van der Waals surface area (Å²) in [6.07, 6.45) is 2.84. The molecule has 3 aromatic rings. The number of hydrogen-bond acceptors (Lipinski definition) is 3. The van der Waals surface area contributed by atoms with Crippen LogP contribution in [0.4, 0.5) is 0 Å². The van der Waals surface area contributed by atoms with Crippen LogP contribution >= 0.6 is 0 Å². The fourth-order valence-corrected chi connectivity index (χ4v) is 3.18. The van der Waals surface area contributed by atoms with Crippen molar-refractivity contribution in [2.45, 2.75) is 18.9 Å². The molecular weight excluding hydrogens is 302 g/mol. The SMILES string of the molecule is O=C(c1ccc(-n2cnc3ccccc32)cc1)N1CCC(O)CC1. The molecule has 0 saturated carbocycles. The van der Waals surface area contributed by atoms with Gasteiger partial charge in [0.2, 0.25) is 0 Å². The lowest BCUT2D eigenvalue weighted by molar-refractivity contribution is 0.0546. The van der Waals surface area contributed by atoms with Gasteiger partial charge in [-0.1, -0.05) is 12.1 Å². The Morgan fingerprint density at radius 2 is 1.75 bits per heavy atom. The molecule has 24 heavy (non-hydrogen) atoms. The van der Waals surface area contributed by atoms with Crippen LogP contribution in [0.25, 0.3) is 16.7 Å². The summed E-state index contributed by atoms with van der Waals surface area (Å²) in [7, 11) is 0. The second-order valence-corrected chi connectivity index (χ2v) is 6.17. The number of benzene rings is 2. The minimum absolute atomic E-state index is 0.0314. The van der Waals surface area contributed by atoms with Gasteiger partial charge >= 0.3 is 0 Å². The van der Waals surface area contributed by atoms with Crippen LogP contribution < -0.4 is 0 Å². The Morgan fingerprint density at radius 3 is 2.50 bits per heavy atom. The number of hydrogen-bond donors (Lipinski definition) is 1. The zero-order valence-electron chi connectivity index (χ0n) is 13.3. The number of rotatable bonds is 2. The maximum atomic E-state index is 12.5. The minimum Gasteiger partial charge on any atom is -0.393 e. The van der Waals surface area contributed by atoms with Gasteiger partial charge in [-0.3, -0.25) is 9.36 Å². The number of para-hydroxylation sites is 2. The predicted octanol–water partition coefficient (Wildman–Crippen LogP) is 2.62. The normalized spacial score (nSPS) is 15.8. The Labute approximate surface area is 140 Å². The van der Waals surface area contributed by atoms with Crippen molar-refractivity contribution < 1.29 is 9.90 Å². The van der Waals surface area contributed by atoms with Crippen LogP contribution in [-0.4, -0.2) is 44.7 Å². The Hall–Kier alpha value is -2.66. The van der Waals surface area contributed by atoms with Gasteiger partial charge in [0.15, 0.2) is 0 Å². The number of amides is 1. The summed E-state index contributed by atoms with van der Waals surface area (Å²) in [6.45, 7) is 1.24. The van der Waals surface area contributed by atoms with Crippen molar-refractivity contribution >= 4 is 16.9 Å². The fourth-order valence-electron chi connectivity index (χ4n) is 3.18. The Kier molecular flexibility index (Phi) is 3.78.